The van der Waals surface area contributed by atoms with Gasteiger partial charge < -0.3 is 14.6 Å². The molecule has 0 bridgehead atoms. The molecule has 2 rings (SSSR count). The number of aromatic nitrogens is 1. The van der Waals surface area contributed by atoms with Gasteiger partial charge in [-0.05, 0) is 32.0 Å². The smallest absolute Gasteiger partial charge is 0.174 e. The fraction of sp³-hybridized carbons (Fsp3) is 0.400. The predicted molar refractivity (Wildman–Crippen MR) is 74.1 cm³/mol. The lowest BCUT2D eigenvalue weighted by atomic mass is 10.1. The summed E-state index contributed by atoms with van der Waals surface area (Å²) in [7, 11) is 0. The third-order valence-corrected chi connectivity index (χ3v) is 2.86. The summed E-state index contributed by atoms with van der Waals surface area (Å²) in [6.07, 6.45) is 0. The van der Waals surface area contributed by atoms with Crippen molar-refractivity contribution >= 4 is 0 Å². The van der Waals surface area contributed by atoms with E-state index in [2.05, 4.69) is 30.4 Å². The molecule has 1 N–H and O–H groups in total. The van der Waals surface area contributed by atoms with Gasteiger partial charge >= 0.3 is 0 Å². The second-order valence-electron chi connectivity index (χ2n) is 4.62. The highest BCUT2D eigenvalue weighted by Crippen LogP contribution is 2.20. The maximum atomic E-state index is 5.74. The molecule has 0 aliphatic carbocycles. The minimum Gasteiger partial charge on any atom is -0.485 e. The van der Waals surface area contributed by atoms with Crippen LogP contribution < -0.4 is 10.1 Å². The fourth-order valence-corrected chi connectivity index (χ4v) is 1.87. The number of hydrogen-bond donors (Lipinski definition) is 1. The van der Waals surface area contributed by atoms with Gasteiger partial charge in [-0.1, -0.05) is 29.8 Å². The number of nitrogens with zero attached hydrogens (tertiary/aromatic N) is 1. The van der Waals surface area contributed by atoms with E-state index in [0.717, 1.165) is 35.9 Å². The van der Waals surface area contributed by atoms with E-state index in [4.69, 9.17) is 9.26 Å². The first-order valence-corrected chi connectivity index (χ1v) is 6.54. The van der Waals surface area contributed by atoms with Gasteiger partial charge in [0.15, 0.2) is 5.76 Å². The minimum atomic E-state index is 0.406. The number of rotatable bonds is 6. The molecule has 0 radical (unpaired) electrons. The van der Waals surface area contributed by atoms with Crippen molar-refractivity contribution in [3.05, 3.63) is 46.8 Å². The van der Waals surface area contributed by atoms with Crippen LogP contribution in [-0.4, -0.2) is 11.7 Å². The molecule has 2 aromatic rings. The van der Waals surface area contributed by atoms with Crippen LogP contribution in [0, 0.1) is 13.8 Å². The number of benzene rings is 1. The molecule has 19 heavy (non-hydrogen) atoms. The standard InChI is InChI=1S/C15H20N2O2/c1-4-16-9-13-8-14(19-17-13)10-18-15-6-5-11(2)7-12(15)3/h5-8,16H,4,9-10H2,1-3H3. The molecular formula is C15H20N2O2. The molecule has 0 saturated carbocycles. The van der Waals surface area contributed by atoms with E-state index in [-0.39, 0.29) is 0 Å². The molecule has 0 fully saturated rings. The van der Waals surface area contributed by atoms with Crippen LogP contribution in [0.2, 0.25) is 0 Å². The minimum absolute atomic E-state index is 0.406. The summed E-state index contributed by atoms with van der Waals surface area (Å²) < 4.78 is 11.0. The molecule has 0 saturated heterocycles. The van der Waals surface area contributed by atoms with Crippen LogP contribution in [0.15, 0.2) is 28.8 Å². The number of nitrogens with one attached hydrogen (secondary N) is 1. The van der Waals surface area contributed by atoms with E-state index < -0.39 is 0 Å². The lowest BCUT2D eigenvalue weighted by Gasteiger charge is -2.07. The molecule has 0 aliphatic heterocycles. The lowest BCUT2D eigenvalue weighted by Crippen LogP contribution is -2.11. The highest BCUT2D eigenvalue weighted by atomic mass is 16.5. The summed E-state index contributed by atoms with van der Waals surface area (Å²) in [4.78, 5) is 0. The molecule has 0 amide bonds. The first-order chi connectivity index (χ1) is 9.19. The lowest BCUT2D eigenvalue weighted by molar-refractivity contribution is 0.247. The van der Waals surface area contributed by atoms with Crippen molar-refractivity contribution in [1.82, 2.24) is 10.5 Å². The number of aryl methyl sites for hydroxylation is 2. The van der Waals surface area contributed by atoms with Crippen molar-refractivity contribution in [1.29, 1.82) is 0 Å². The van der Waals surface area contributed by atoms with Gasteiger partial charge in [0.2, 0.25) is 0 Å². The third-order valence-electron chi connectivity index (χ3n) is 2.86. The Kier molecular flexibility index (Phi) is 4.58. The van der Waals surface area contributed by atoms with Crippen molar-refractivity contribution in [3.8, 4) is 5.75 Å². The monoisotopic (exact) mass is 260 g/mol. The number of hydrogen-bond acceptors (Lipinski definition) is 4. The topological polar surface area (TPSA) is 47.3 Å². The Bertz CT molecular complexity index is 535. The van der Waals surface area contributed by atoms with Gasteiger partial charge in [-0.2, -0.15) is 0 Å². The summed E-state index contributed by atoms with van der Waals surface area (Å²) in [5.41, 5.74) is 3.27. The highest BCUT2D eigenvalue weighted by Gasteiger charge is 2.06. The summed E-state index contributed by atoms with van der Waals surface area (Å²) in [5.74, 6) is 1.63. The summed E-state index contributed by atoms with van der Waals surface area (Å²) >= 11 is 0. The van der Waals surface area contributed by atoms with Gasteiger partial charge in [0.25, 0.3) is 0 Å². The molecule has 0 spiro atoms. The Balaban J connectivity index is 1.92. The zero-order chi connectivity index (χ0) is 13.7. The molecule has 0 aliphatic rings. The van der Waals surface area contributed by atoms with Crippen LogP contribution in [0.3, 0.4) is 0 Å². The summed E-state index contributed by atoms with van der Waals surface area (Å²) in [5, 5.41) is 7.19. The van der Waals surface area contributed by atoms with Crippen LogP contribution >= 0.6 is 0 Å². The molecule has 0 atom stereocenters. The average Bonchev–Trinajstić information content (AvgIpc) is 2.83. The molecule has 4 heteroatoms. The maximum absolute atomic E-state index is 5.74. The Morgan fingerprint density at radius 1 is 1.26 bits per heavy atom. The first-order valence-electron chi connectivity index (χ1n) is 6.54. The van der Waals surface area contributed by atoms with Crippen LogP contribution in [0.1, 0.15) is 29.5 Å². The van der Waals surface area contributed by atoms with Gasteiger partial charge in [0.1, 0.15) is 12.4 Å². The van der Waals surface area contributed by atoms with Crippen molar-refractivity contribution in [2.24, 2.45) is 0 Å². The Hall–Kier alpha value is -1.81. The van der Waals surface area contributed by atoms with Gasteiger partial charge in [-0.15, -0.1) is 0 Å². The quantitative estimate of drug-likeness (QED) is 0.867. The third kappa shape index (κ3) is 3.83. The van der Waals surface area contributed by atoms with E-state index in [1.165, 1.54) is 5.56 Å². The molecular weight excluding hydrogens is 240 g/mol. The zero-order valence-corrected chi connectivity index (χ0v) is 11.7. The SMILES string of the molecule is CCNCc1cc(COc2ccc(C)cc2C)on1. The van der Waals surface area contributed by atoms with Gasteiger partial charge in [-0.3, -0.25) is 0 Å². The van der Waals surface area contributed by atoms with Gasteiger partial charge in [0, 0.05) is 12.6 Å². The second kappa shape index (κ2) is 6.38. The van der Waals surface area contributed by atoms with Gasteiger partial charge in [0.05, 0.1) is 5.69 Å². The molecule has 102 valence electrons. The van der Waals surface area contributed by atoms with Crippen molar-refractivity contribution in [3.63, 3.8) is 0 Å². The van der Waals surface area contributed by atoms with Gasteiger partial charge in [-0.25, -0.2) is 0 Å². The van der Waals surface area contributed by atoms with E-state index in [9.17, 15) is 0 Å². The maximum Gasteiger partial charge on any atom is 0.174 e. The Labute approximate surface area is 113 Å². The van der Waals surface area contributed by atoms with Crippen LogP contribution in [0.5, 0.6) is 5.75 Å². The first kappa shape index (κ1) is 13.6. The predicted octanol–water partition coefficient (Wildman–Crippen LogP) is 2.98. The Morgan fingerprint density at radius 3 is 2.84 bits per heavy atom. The fourth-order valence-electron chi connectivity index (χ4n) is 1.87. The van der Waals surface area contributed by atoms with Crippen molar-refractivity contribution in [2.75, 3.05) is 6.54 Å². The Morgan fingerprint density at radius 2 is 2.11 bits per heavy atom. The van der Waals surface area contributed by atoms with E-state index in [0.29, 0.717) is 6.61 Å². The number of ether oxygens (including phenoxy) is 1. The largest absolute Gasteiger partial charge is 0.485 e. The van der Waals surface area contributed by atoms with Crippen LogP contribution in [-0.2, 0) is 13.2 Å². The molecule has 1 aromatic carbocycles. The van der Waals surface area contributed by atoms with E-state index in [1.807, 2.05) is 25.1 Å². The average molecular weight is 260 g/mol. The molecule has 4 nitrogen and oxygen atoms in total. The van der Waals surface area contributed by atoms with Crippen LogP contribution in [0.25, 0.3) is 0 Å². The van der Waals surface area contributed by atoms with Crippen molar-refractivity contribution in [2.45, 2.75) is 33.9 Å². The highest BCUT2D eigenvalue weighted by molar-refractivity contribution is 5.35. The van der Waals surface area contributed by atoms with E-state index in [1.54, 1.807) is 0 Å². The van der Waals surface area contributed by atoms with Crippen LogP contribution in [0.4, 0.5) is 0 Å². The van der Waals surface area contributed by atoms with E-state index >= 15 is 0 Å². The second-order valence-corrected chi connectivity index (χ2v) is 4.62. The molecule has 1 heterocycles. The summed E-state index contributed by atoms with van der Waals surface area (Å²) in [6, 6.07) is 8.05. The molecule has 1 aromatic heterocycles. The summed E-state index contributed by atoms with van der Waals surface area (Å²) in [6.45, 7) is 8.22. The zero-order valence-electron chi connectivity index (χ0n) is 11.7. The van der Waals surface area contributed by atoms with Crippen molar-refractivity contribution < 1.29 is 9.26 Å². The molecule has 0 unspecified atom stereocenters. The normalized spacial score (nSPS) is 10.7.